The quantitative estimate of drug-likeness (QED) is 0.616. The van der Waals surface area contributed by atoms with Gasteiger partial charge in [0.25, 0.3) is 6.43 Å². The molecule has 1 heterocycles. The lowest BCUT2D eigenvalue weighted by Crippen LogP contribution is -2.12. The molecule has 0 spiro atoms. The van der Waals surface area contributed by atoms with E-state index in [-0.39, 0.29) is 24.2 Å². The molecule has 94 valence electrons. The fourth-order valence-corrected chi connectivity index (χ4v) is 2.16. The third-order valence-electron chi connectivity index (χ3n) is 2.24. The van der Waals surface area contributed by atoms with Crippen LogP contribution in [0.25, 0.3) is 0 Å². The Balaban J connectivity index is 3.12. The largest absolute Gasteiger partial charge is 0.466 e. The number of esters is 1. The predicted molar refractivity (Wildman–Crippen MR) is 67.0 cm³/mol. The maximum atomic E-state index is 12.9. The van der Waals surface area contributed by atoms with E-state index in [4.69, 9.17) is 4.74 Å². The first-order chi connectivity index (χ1) is 7.97. The van der Waals surface area contributed by atoms with Gasteiger partial charge in [-0.15, -0.1) is 0 Å². The molecule has 0 amide bonds. The molecular formula is C11H12F2INO2. The van der Waals surface area contributed by atoms with Crippen LogP contribution in [0.3, 0.4) is 0 Å². The highest BCUT2D eigenvalue weighted by Crippen LogP contribution is 2.29. The van der Waals surface area contributed by atoms with E-state index in [1.807, 2.05) is 0 Å². The van der Waals surface area contributed by atoms with Crippen molar-refractivity contribution in [2.24, 2.45) is 0 Å². The molecule has 1 aromatic rings. The second kappa shape index (κ2) is 6.23. The van der Waals surface area contributed by atoms with Crippen LogP contribution < -0.4 is 0 Å². The fraction of sp³-hybridized carbons (Fsp3) is 0.455. The maximum Gasteiger partial charge on any atom is 0.310 e. The number of alkyl halides is 2. The van der Waals surface area contributed by atoms with Crippen LogP contribution in [0.5, 0.6) is 0 Å². The molecule has 6 heteroatoms. The summed E-state index contributed by atoms with van der Waals surface area (Å²) in [5.74, 6) is -0.513. The molecule has 0 N–H and O–H groups in total. The summed E-state index contributed by atoms with van der Waals surface area (Å²) in [6, 6.07) is 0. The number of carbonyl (C=O) groups is 1. The van der Waals surface area contributed by atoms with Crippen molar-refractivity contribution in [2.75, 3.05) is 6.61 Å². The smallest absolute Gasteiger partial charge is 0.310 e. The predicted octanol–water partition coefficient (Wildman–Crippen LogP) is 3.04. The van der Waals surface area contributed by atoms with Crippen molar-refractivity contribution >= 4 is 28.6 Å². The zero-order valence-corrected chi connectivity index (χ0v) is 11.6. The summed E-state index contributed by atoms with van der Waals surface area (Å²) in [6.07, 6.45) is -1.40. The number of nitrogens with zero attached hydrogens (tertiary/aromatic N) is 1. The van der Waals surface area contributed by atoms with Gasteiger partial charge in [-0.25, -0.2) is 8.78 Å². The van der Waals surface area contributed by atoms with Gasteiger partial charge >= 0.3 is 5.97 Å². The molecule has 0 bridgehead atoms. The number of pyridine rings is 1. The van der Waals surface area contributed by atoms with Crippen molar-refractivity contribution in [3.8, 4) is 0 Å². The van der Waals surface area contributed by atoms with Crippen LogP contribution >= 0.6 is 22.6 Å². The minimum Gasteiger partial charge on any atom is -0.466 e. The standard InChI is InChI=1S/C11H12F2INO2/c1-3-17-9(16)4-7-6(2)15-5-8(14)10(7)11(12)13/h5,11H,3-4H2,1-2H3. The molecule has 3 nitrogen and oxygen atoms in total. The molecule has 17 heavy (non-hydrogen) atoms. The average molecular weight is 355 g/mol. The Hall–Kier alpha value is -0.790. The van der Waals surface area contributed by atoms with Gasteiger partial charge in [-0.3, -0.25) is 9.78 Å². The van der Waals surface area contributed by atoms with Crippen molar-refractivity contribution in [2.45, 2.75) is 26.7 Å². The zero-order valence-electron chi connectivity index (χ0n) is 9.47. The van der Waals surface area contributed by atoms with Gasteiger partial charge in [-0.2, -0.15) is 0 Å². The molecule has 1 rings (SSSR count). The minimum absolute atomic E-state index is 0.119. The molecule has 0 radical (unpaired) electrons. The maximum absolute atomic E-state index is 12.9. The Labute approximate surface area is 112 Å². The molecule has 0 atom stereocenters. The summed E-state index contributed by atoms with van der Waals surface area (Å²) in [7, 11) is 0. The van der Waals surface area contributed by atoms with Crippen LogP contribution in [0.4, 0.5) is 8.78 Å². The molecule has 1 aromatic heterocycles. The number of hydrogen-bond acceptors (Lipinski definition) is 3. The van der Waals surface area contributed by atoms with Gasteiger partial charge in [0, 0.05) is 21.0 Å². The number of halogens is 3. The van der Waals surface area contributed by atoms with E-state index in [0.717, 1.165) is 0 Å². The Morgan fingerprint density at radius 1 is 1.59 bits per heavy atom. The number of rotatable bonds is 4. The summed E-state index contributed by atoms with van der Waals surface area (Å²) < 4.78 is 31.0. The SMILES string of the molecule is CCOC(=O)Cc1c(C)ncc(I)c1C(F)F. The first-order valence-corrected chi connectivity index (χ1v) is 6.12. The van der Waals surface area contributed by atoms with Crippen molar-refractivity contribution in [1.82, 2.24) is 4.98 Å². The Kier molecular flexibility index (Phi) is 5.23. The molecular weight excluding hydrogens is 343 g/mol. The van der Waals surface area contributed by atoms with E-state index in [2.05, 4.69) is 4.98 Å². The van der Waals surface area contributed by atoms with Gasteiger partial charge in [0.15, 0.2) is 0 Å². The Morgan fingerprint density at radius 3 is 2.76 bits per heavy atom. The van der Waals surface area contributed by atoms with Crippen LogP contribution in [0.15, 0.2) is 6.20 Å². The van der Waals surface area contributed by atoms with Crippen molar-refractivity contribution in [3.63, 3.8) is 0 Å². The average Bonchev–Trinajstić information content (AvgIpc) is 2.23. The molecule has 0 aliphatic heterocycles. The monoisotopic (exact) mass is 355 g/mol. The number of hydrogen-bond donors (Lipinski definition) is 0. The normalized spacial score (nSPS) is 10.7. The van der Waals surface area contributed by atoms with Crippen LogP contribution in [0.2, 0.25) is 0 Å². The molecule has 0 unspecified atom stereocenters. The Morgan fingerprint density at radius 2 is 2.24 bits per heavy atom. The molecule has 0 aromatic carbocycles. The van der Waals surface area contributed by atoms with Gasteiger partial charge in [-0.05, 0) is 42.0 Å². The topological polar surface area (TPSA) is 39.2 Å². The second-order valence-electron chi connectivity index (χ2n) is 3.37. The van der Waals surface area contributed by atoms with Crippen LogP contribution in [0, 0.1) is 10.5 Å². The van der Waals surface area contributed by atoms with E-state index in [1.165, 1.54) is 6.20 Å². The first-order valence-electron chi connectivity index (χ1n) is 5.05. The number of ether oxygens (including phenoxy) is 1. The lowest BCUT2D eigenvalue weighted by molar-refractivity contribution is -0.142. The summed E-state index contributed by atoms with van der Waals surface area (Å²) in [5.41, 5.74) is 0.588. The van der Waals surface area contributed by atoms with Gasteiger partial charge in [0.2, 0.25) is 0 Å². The first kappa shape index (κ1) is 14.3. The van der Waals surface area contributed by atoms with Gasteiger partial charge < -0.3 is 4.74 Å². The van der Waals surface area contributed by atoms with E-state index < -0.39 is 12.4 Å². The van der Waals surface area contributed by atoms with Crippen LogP contribution in [-0.2, 0) is 16.0 Å². The van der Waals surface area contributed by atoms with Crippen LogP contribution in [-0.4, -0.2) is 17.6 Å². The summed E-state index contributed by atoms with van der Waals surface area (Å²) in [5, 5.41) is 0. The van der Waals surface area contributed by atoms with Crippen molar-refractivity contribution in [3.05, 3.63) is 26.6 Å². The minimum atomic E-state index is -2.62. The third-order valence-corrected chi connectivity index (χ3v) is 3.09. The second-order valence-corrected chi connectivity index (χ2v) is 4.53. The fourth-order valence-electron chi connectivity index (χ4n) is 1.46. The van der Waals surface area contributed by atoms with Gasteiger partial charge in [-0.1, -0.05) is 0 Å². The van der Waals surface area contributed by atoms with E-state index in [9.17, 15) is 13.6 Å². The van der Waals surface area contributed by atoms with E-state index in [1.54, 1.807) is 36.4 Å². The highest BCUT2D eigenvalue weighted by molar-refractivity contribution is 14.1. The number of aromatic nitrogens is 1. The molecule has 0 saturated carbocycles. The Bertz CT molecular complexity index is 424. The van der Waals surface area contributed by atoms with Gasteiger partial charge in [0.05, 0.1) is 13.0 Å². The lowest BCUT2D eigenvalue weighted by Gasteiger charge is -2.12. The summed E-state index contributed by atoms with van der Waals surface area (Å²) in [6.45, 7) is 3.52. The molecule has 0 saturated heterocycles. The van der Waals surface area contributed by atoms with Crippen molar-refractivity contribution < 1.29 is 18.3 Å². The number of carbonyl (C=O) groups excluding carboxylic acids is 1. The molecule has 0 aliphatic carbocycles. The lowest BCUT2D eigenvalue weighted by atomic mass is 10.0. The van der Waals surface area contributed by atoms with E-state index in [0.29, 0.717) is 9.26 Å². The molecule has 0 fully saturated rings. The highest BCUT2D eigenvalue weighted by Gasteiger charge is 2.21. The zero-order chi connectivity index (χ0) is 13.0. The molecule has 0 aliphatic rings. The summed E-state index contributed by atoms with van der Waals surface area (Å²) in [4.78, 5) is 15.3. The van der Waals surface area contributed by atoms with Gasteiger partial charge in [0.1, 0.15) is 0 Å². The number of aryl methyl sites for hydroxylation is 1. The van der Waals surface area contributed by atoms with E-state index >= 15 is 0 Å². The highest BCUT2D eigenvalue weighted by atomic mass is 127. The van der Waals surface area contributed by atoms with Crippen molar-refractivity contribution in [1.29, 1.82) is 0 Å². The summed E-state index contributed by atoms with van der Waals surface area (Å²) >= 11 is 1.79. The third kappa shape index (κ3) is 3.58. The van der Waals surface area contributed by atoms with Crippen LogP contribution in [0.1, 0.15) is 30.2 Å².